The van der Waals surface area contributed by atoms with Crippen LogP contribution < -0.4 is 0 Å². The van der Waals surface area contributed by atoms with Gasteiger partial charge in [0, 0.05) is 13.0 Å². The van der Waals surface area contributed by atoms with Crippen LogP contribution >= 0.6 is 0 Å². The second-order valence-corrected chi connectivity index (χ2v) is 15.9. The van der Waals surface area contributed by atoms with E-state index in [9.17, 15) is 20.1 Å². The van der Waals surface area contributed by atoms with E-state index >= 15 is 0 Å². The Kier molecular flexibility index (Phi) is 39.9. The SMILES string of the molecule is CCCCCCCCC(CCCCCCCC)OC(=O)CCCCCCCN(CCO)CCCCCCCCC(O)C(O)CCCCCCCC. The molecule has 306 valence electrons. The van der Waals surface area contributed by atoms with Gasteiger partial charge in [-0.25, -0.2) is 0 Å². The van der Waals surface area contributed by atoms with Crippen molar-refractivity contribution in [2.24, 2.45) is 0 Å². The maximum absolute atomic E-state index is 12.7. The molecule has 3 N–H and O–H groups in total. The van der Waals surface area contributed by atoms with E-state index in [2.05, 4.69) is 25.7 Å². The molecule has 0 saturated heterocycles. The van der Waals surface area contributed by atoms with E-state index in [1.165, 1.54) is 135 Å². The van der Waals surface area contributed by atoms with Crippen LogP contribution in [0.3, 0.4) is 0 Å². The highest BCUT2D eigenvalue weighted by Gasteiger charge is 2.16. The van der Waals surface area contributed by atoms with Gasteiger partial charge in [0.1, 0.15) is 6.10 Å². The van der Waals surface area contributed by atoms with Gasteiger partial charge >= 0.3 is 5.97 Å². The van der Waals surface area contributed by atoms with E-state index in [0.29, 0.717) is 12.8 Å². The summed E-state index contributed by atoms with van der Waals surface area (Å²) in [4.78, 5) is 15.1. The van der Waals surface area contributed by atoms with Gasteiger partial charge in [-0.2, -0.15) is 0 Å². The van der Waals surface area contributed by atoms with Crippen LogP contribution in [0.4, 0.5) is 0 Å². The predicted molar refractivity (Wildman–Crippen MR) is 219 cm³/mol. The number of carbonyl (C=O) groups excluding carboxylic acids is 1. The Morgan fingerprint density at radius 3 is 1.18 bits per heavy atom. The minimum Gasteiger partial charge on any atom is -0.462 e. The van der Waals surface area contributed by atoms with Gasteiger partial charge in [-0.15, -0.1) is 0 Å². The van der Waals surface area contributed by atoms with Crippen molar-refractivity contribution in [1.29, 1.82) is 0 Å². The van der Waals surface area contributed by atoms with Gasteiger partial charge in [-0.1, -0.05) is 175 Å². The zero-order chi connectivity index (χ0) is 37.5. The van der Waals surface area contributed by atoms with Gasteiger partial charge in [0.2, 0.25) is 0 Å². The number of unbranched alkanes of at least 4 members (excludes halogenated alkanes) is 24. The first-order valence-electron chi connectivity index (χ1n) is 22.9. The van der Waals surface area contributed by atoms with Gasteiger partial charge in [0.15, 0.2) is 0 Å². The summed E-state index contributed by atoms with van der Waals surface area (Å²) in [6.07, 6.45) is 38.1. The smallest absolute Gasteiger partial charge is 0.306 e. The standard InChI is InChI=1S/C45H91NO5/c1-4-7-10-13-19-26-33-42(34-27-20-14-11-8-5-2)51-45(50)37-30-23-18-25-32-39-46(40-41-47)38-31-24-17-16-22-29-36-44(49)43(48)35-28-21-15-12-9-6-3/h42-44,47-49H,4-41H2,1-3H3. The summed E-state index contributed by atoms with van der Waals surface area (Å²) in [6.45, 7) is 9.81. The molecule has 6 heteroatoms. The molecule has 2 atom stereocenters. The highest BCUT2D eigenvalue weighted by Crippen LogP contribution is 2.19. The summed E-state index contributed by atoms with van der Waals surface area (Å²) in [5.41, 5.74) is 0. The first kappa shape index (κ1) is 50.3. The number of ether oxygens (including phenoxy) is 1. The van der Waals surface area contributed by atoms with Crippen molar-refractivity contribution >= 4 is 5.97 Å². The molecular weight excluding hydrogens is 634 g/mol. The molecule has 0 aliphatic carbocycles. The number of hydrogen-bond acceptors (Lipinski definition) is 6. The third-order valence-electron chi connectivity index (χ3n) is 10.9. The van der Waals surface area contributed by atoms with Gasteiger partial charge in [-0.05, 0) is 70.9 Å². The van der Waals surface area contributed by atoms with Crippen LogP contribution in [0.2, 0.25) is 0 Å². The molecule has 0 bridgehead atoms. The molecule has 0 aromatic carbocycles. The molecule has 0 fully saturated rings. The Hall–Kier alpha value is -0.690. The lowest BCUT2D eigenvalue weighted by atomic mass is 9.99. The Balaban J connectivity index is 3.98. The van der Waals surface area contributed by atoms with Crippen molar-refractivity contribution in [2.45, 2.75) is 257 Å². The van der Waals surface area contributed by atoms with E-state index in [1.54, 1.807) is 0 Å². The number of hydrogen-bond donors (Lipinski definition) is 3. The Bertz CT molecular complexity index is 676. The van der Waals surface area contributed by atoms with Crippen molar-refractivity contribution in [3.63, 3.8) is 0 Å². The second kappa shape index (κ2) is 40.5. The van der Waals surface area contributed by atoms with Gasteiger partial charge in [-0.3, -0.25) is 4.79 Å². The van der Waals surface area contributed by atoms with Crippen molar-refractivity contribution in [3.05, 3.63) is 0 Å². The third-order valence-corrected chi connectivity index (χ3v) is 10.9. The minimum absolute atomic E-state index is 0.0151. The van der Waals surface area contributed by atoms with Gasteiger partial charge in [0.25, 0.3) is 0 Å². The average Bonchev–Trinajstić information content (AvgIpc) is 3.12. The highest BCUT2D eigenvalue weighted by molar-refractivity contribution is 5.69. The molecule has 0 spiro atoms. The van der Waals surface area contributed by atoms with Gasteiger partial charge in [0.05, 0.1) is 18.8 Å². The summed E-state index contributed by atoms with van der Waals surface area (Å²) in [6, 6.07) is 0. The van der Waals surface area contributed by atoms with E-state index in [4.69, 9.17) is 4.74 Å². The van der Waals surface area contributed by atoms with Gasteiger partial charge < -0.3 is 25.0 Å². The largest absolute Gasteiger partial charge is 0.462 e. The molecule has 0 aromatic rings. The predicted octanol–water partition coefficient (Wildman–Crippen LogP) is 12.2. The maximum atomic E-state index is 12.7. The molecule has 0 aromatic heterocycles. The van der Waals surface area contributed by atoms with Crippen molar-refractivity contribution in [1.82, 2.24) is 4.90 Å². The first-order valence-corrected chi connectivity index (χ1v) is 22.9. The number of aliphatic hydroxyl groups is 3. The van der Waals surface area contributed by atoms with Crippen molar-refractivity contribution < 1.29 is 24.9 Å². The first-order chi connectivity index (χ1) is 25.0. The fraction of sp³-hybridized carbons (Fsp3) is 0.978. The second-order valence-electron chi connectivity index (χ2n) is 15.9. The number of esters is 1. The summed E-state index contributed by atoms with van der Waals surface area (Å²) in [5.74, 6) is 0.0151. The number of nitrogens with zero attached hydrogens (tertiary/aromatic N) is 1. The lowest BCUT2D eigenvalue weighted by Gasteiger charge is -2.21. The van der Waals surface area contributed by atoms with E-state index in [0.717, 1.165) is 90.3 Å². The van der Waals surface area contributed by atoms with Crippen LogP contribution in [-0.4, -0.2) is 70.7 Å². The highest BCUT2D eigenvalue weighted by atomic mass is 16.5. The topological polar surface area (TPSA) is 90.2 Å². The third kappa shape index (κ3) is 36.1. The molecule has 0 amide bonds. The molecule has 6 nitrogen and oxygen atoms in total. The molecular formula is C45H91NO5. The van der Waals surface area contributed by atoms with Crippen LogP contribution in [0.5, 0.6) is 0 Å². The molecule has 0 rings (SSSR count). The van der Waals surface area contributed by atoms with Crippen LogP contribution in [0.15, 0.2) is 0 Å². The normalized spacial score (nSPS) is 13.0. The molecule has 0 radical (unpaired) electrons. The molecule has 0 heterocycles. The van der Waals surface area contributed by atoms with Crippen LogP contribution in [0.25, 0.3) is 0 Å². The fourth-order valence-corrected chi connectivity index (χ4v) is 7.34. The summed E-state index contributed by atoms with van der Waals surface area (Å²) in [5, 5.41) is 30.1. The summed E-state index contributed by atoms with van der Waals surface area (Å²) in [7, 11) is 0. The maximum Gasteiger partial charge on any atom is 0.306 e. The molecule has 0 saturated carbocycles. The Morgan fingerprint density at radius 1 is 0.451 bits per heavy atom. The van der Waals surface area contributed by atoms with Crippen molar-refractivity contribution in [2.75, 3.05) is 26.2 Å². The van der Waals surface area contributed by atoms with E-state index in [-0.39, 0.29) is 18.7 Å². The Morgan fingerprint density at radius 2 is 0.784 bits per heavy atom. The van der Waals surface area contributed by atoms with Crippen LogP contribution in [-0.2, 0) is 9.53 Å². The molecule has 0 aliphatic heterocycles. The number of aliphatic hydroxyl groups excluding tert-OH is 3. The van der Waals surface area contributed by atoms with Crippen LogP contribution in [0.1, 0.15) is 239 Å². The van der Waals surface area contributed by atoms with Crippen molar-refractivity contribution in [3.8, 4) is 0 Å². The lowest BCUT2D eigenvalue weighted by molar-refractivity contribution is -0.150. The number of rotatable bonds is 42. The zero-order valence-electron chi connectivity index (χ0n) is 34.7. The summed E-state index contributed by atoms with van der Waals surface area (Å²) >= 11 is 0. The quantitative estimate of drug-likeness (QED) is 0.0429. The van der Waals surface area contributed by atoms with Crippen LogP contribution in [0, 0.1) is 0 Å². The van der Waals surface area contributed by atoms with E-state index in [1.807, 2.05) is 0 Å². The molecule has 0 aliphatic rings. The molecule has 51 heavy (non-hydrogen) atoms. The zero-order valence-corrected chi connectivity index (χ0v) is 34.7. The number of carbonyl (C=O) groups is 1. The average molecular weight is 726 g/mol. The minimum atomic E-state index is -0.568. The van der Waals surface area contributed by atoms with E-state index < -0.39 is 12.2 Å². The fourth-order valence-electron chi connectivity index (χ4n) is 7.34. The lowest BCUT2D eigenvalue weighted by Crippen LogP contribution is -2.29. The monoisotopic (exact) mass is 726 g/mol. The molecule has 2 unspecified atom stereocenters. The summed E-state index contributed by atoms with van der Waals surface area (Å²) < 4.78 is 6.02. The Labute approximate surface area is 318 Å².